The minimum atomic E-state index is 0.825. The van der Waals surface area contributed by atoms with Crippen LogP contribution in [0.5, 0.6) is 0 Å². The molecule has 3 rings (SSSR count). The number of benzene rings is 2. The minimum absolute atomic E-state index is 0.825. The number of hydrogen-bond acceptors (Lipinski definition) is 1. The van der Waals surface area contributed by atoms with Gasteiger partial charge in [-0.05, 0) is 35.9 Å². The van der Waals surface area contributed by atoms with E-state index in [0.717, 1.165) is 16.7 Å². The summed E-state index contributed by atoms with van der Waals surface area (Å²) in [6.45, 7) is 0.825. The SMILES string of the molecule is Brc1ccc(NCc2c[nH]c3ccccc23)cc1. The first-order valence-electron chi connectivity index (χ1n) is 5.87. The van der Waals surface area contributed by atoms with Crippen molar-refractivity contribution in [1.29, 1.82) is 0 Å². The van der Waals surface area contributed by atoms with Gasteiger partial charge in [-0.25, -0.2) is 0 Å². The third-order valence-electron chi connectivity index (χ3n) is 3.00. The molecule has 2 aromatic carbocycles. The van der Waals surface area contributed by atoms with Crippen LogP contribution in [0.15, 0.2) is 59.2 Å². The number of para-hydroxylation sites is 1. The maximum Gasteiger partial charge on any atom is 0.0457 e. The summed E-state index contributed by atoms with van der Waals surface area (Å²) >= 11 is 3.44. The van der Waals surface area contributed by atoms with Crippen LogP contribution in [0.4, 0.5) is 5.69 Å². The number of nitrogens with one attached hydrogen (secondary N) is 2. The van der Waals surface area contributed by atoms with E-state index in [4.69, 9.17) is 0 Å². The summed E-state index contributed by atoms with van der Waals surface area (Å²) in [5.41, 5.74) is 3.60. The summed E-state index contributed by atoms with van der Waals surface area (Å²) in [5.74, 6) is 0. The van der Waals surface area contributed by atoms with E-state index in [-0.39, 0.29) is 0 Å². The fraction of sp³-hybridized carbons (Fsp3) is 0.0667. The number of H-pyrrole nitrogens is 1. The molecule has 1 heterocycles. The standard InChI is InChI=1S/C15H13BrN2/c16-12-5-7-13(8-6-12)17-9-11-10-18-15-4-2-1-3-14(11)15/h1-8,10,17-18H,9H2. The molecule has 0 radical (unpaired) electrons. The molecular weight excluding hydrogens is 288 g/mol. The van der Waals surface area contributed by atoms with Gasteiger partial charge in [0.15, 0.2) is 0 Å². The molecule has 2 N–H and O–H groups in total. The zero-order valence-corrected chi connectivity index (χ0v) is 11.4. The quantitative estimate of drug-likeness (QED) is 0.730. The number of anilines is 1. The predicted octanol–water partition coefficient (Wildman–Crippen LogP) is 4.54. The molecule has 0 unspecified atom stereocenters. The van der Waals surface area contributed by atoms with Gasteiger partial charge in [0, 0.05) is 33.8 Å². The van der Waals surface area contributed by atoms with E-state index in [2.05, 4.69) is 62.8 Å². The van der Waals surface area contributed by atoms with Crippen LogP contribution in [0, 0.1) is 0 Å². The Bertz CT molecular complexity index is 656. The fourth-order valence-electron chi connectivity index (χ4n) is 2.04. The lowest BCUT2D eigenvalue weighted by Gasteiger charge is -2.05. The third kappa shape index (κ3) is 2.27. The Hall–Kier alpha value is -1.74. The van der Waals surface area contributed by atoms with E-state index in [1.165, 1.54) is 16.5 Å². The van der Waals surface area contributed by atoms with Crippen molar-refractivity contribution < 1.29 is 0 Å². The highest BCUT2D eigenvalue weighted by molar-refractivity contribution is 9.10. The molecule has 0 saturated heterocycles. The molecule has 0 amide bonds. The number of aromatic nitrogens is 1. The van der Waals surface area contributed by atoms with Crippen LogP contribution in [0.2, 0.25) is 0 Å². The topological polar surface area (TPSA) is 27.8 Å². The van der Waals surface area contributed by atoms with E-state index < -0.39 is 0 Å². The Balaban J connectivity index is 1.79. The molecule has 3 heteroatoms. The summed E-state index contributed by atoms with van der Waals surface area (Å²) in [5, 5.41) is 4.71. The van der Waals surface area contributed by atoms with Crippen LogP contribution in [0.1, 0.15) is 5.56 Å². The van der Waals surface area contributed by atoms with Gasteiger partial charge in [-0.1, -0.05) is 34.1 Å². The van der Waals surface area contributed by atoms with Crippen molar-refractivity contribution in [3.05, 3.63) is 64.8 Å². The smallest absolute Gasteiger partial charge is 0.0457 e. The van der Waals surface area contributed by atoms with Crippen molar-refractivity contribution >= 4 is 32.5 Å². The van der Waals surface area contributed by atoms with Crippen LogP contribution in [0.25, 0.3) is 10.9 Å². The number of fused-ring (bicyclic) bond motifs is 1. The Labute approximate surface area is 114 Å². The first-order chi connectivity index (χ1) is 8.83. The third-order valence-corrected chi connectivity index (χ3v) is 3.53. The lowest BCUT2D eigenvalue weighted by molar-refractivity contribution is 1.16. The Kier molecular flexibility index (Phi) is 3.07. The zero-order chi connectivity index (χ0) is 12.4. The molecule has 2 nitrogen and oxygen atoms in total. The highest BCUT2D eigenvalue weighted by Crippen LogP contribution is 2.20. The Morgan fingerprint density at radius 3 is 2.61 bits per heavy atom. The second kappa shape index (κ2) is 4.86. The van der Waals surface area contributed by atoms with Gasteiger partial charge in [-0.15, -0.1) is 0 Å². The first kappa shape index (κ1) is 11.4. The van der Waals surface area contributed by atoms with Gasteiger partial charge in [0.05, 0.1) is 0 Å². The Morgan fingerprint density at radius 2 is 1.78 bits per heavy atom. The van der Waals surface area contributed by atoms with Gasteiger partial charge in [0.1, 0.15) is 0 Å². The van der Waals surface area contributed by atoms with E-state index in [1.807, 2.05) is 18.2 Å². The highest BCUT2D eigenvalue weighted by Gasteiger charge is 2.02. The van der Waals surface area contributed by atoms with Crippen LogP contribution in [-0.4, -0.2) is 4.98 Å². The molecule has 0 atom stereocenters. The summed E-state index contributed by atoms with van der Waals surface area (Å²) in [4.78, 5) is 3.29. The molecule has 18 heavy (non-hydrogen) atoms. The number of aromatic amines is 1. The summed E-state index contributed by atoms with van der Waals surface area (Å²) in [6.07, 6.45) is 2.07. The van der Waals surface area contributed by atoms with Crippen molar-refractivity contribution in [3.8, 4) is 0 Å². The maximum absolute atomic E-state index is 3.44. The lowest BCUT2D eigenvalue weighted by Crippen LogP contribution is -1.98. The van der Waals surface area contributed by atoms with Crippen molar-refractivity contribution in [2.24, 2.45) is 0 Å². The van der Waals surface area contributed by atoms with Crippen LogP contribution in [0.3, 0.4) is 0 Å². The van der Waals surface area contributed by atoms with E-state index in [1.54, 1.807) is 0 Å². The normalized spacial score (nSPS) is 10.7. The first-order valence-corrected chi connectivity index (χ1v) is 6.67. The average molecular weight is 301 g/mol. The zero-order valence-electron chi connectivity index (χ0n) is 9.78. The van der Waals surface area contributed by atoms with Crippen LogP contribution in [-0.2, 0) is 6.54 Å². The number of rotatable bonds is 3. The van der Waals surface area contributed by atoms with Crippen LogP contribution < -0.4 is 5.32 Å². The fourth-order valence-corrected chi connectivity index (χ4v) is 2.31. The van der Waals surface area contributed by atoms with Crippen molar-refractivity contribution in [2.75, 3.05) is 5.32 Å². The van der Waals surface area contributed by atoms with Gasteiger partial charge in [0.25, 0.3) is 0 Å². The van der Waals surface area contributed by atoms with Gasteiger partial charge in [-0.2, -0.15) is 0 Å². The predicted molar refractivity (Wildman–Crippen MR) is 79.8 cm³/mol. The second-order valence-corrected chi connectivity index (χ2v) is 5.14. The van der Waals surface area contributed by atoms with Crippen molar-refractivity contribution in [1.82, 2.24) is 4.98 Å². The minimum Gasteiger partial charge on any atom is -0.381 e. The second-order valence-electron chi connectivity index (χ2n) is 4.22. The van der Waals surface area contributed by atoms with Gasteiger partial charge in [0.2, 0.25) is 0 Å². The van der Waals surface area contributed by atoms with Crippen LogP contribution >= 0.6 is 15.9 Å². The van der Waals surface area contributed by atoms with E-state index in [9.17, 15) is 0 Å². The maximum atomic E-state index is 3.44. The lowest BCUT2D eigenvalue weighted by atomic mass is 10.2. The number of halogens is 1. The molecule has 0 bridgehead atoms. The molecular formula is C15H13BrN2. The van der Waals surface area contributed by atoms with Gasteiger partial charge >= 0.3 is 0 Å². The molecule has 0 aliphatic rings. The molecule has 0 aliphatic heterocycles. The monoisotopic (exact) mass is 300 g/mol. The van der Waals surface area contributed by atoms with Crippen molar-refractivity contribution in [3.63, 3.8) is 0 Å². The summed E-state index contributed by atoms with van der Waals surface area (Å²) in [6, 6.07) is 16.6. The largest absolute Gasteiger partial charge is 0.381 e. The van der Waals surface area contributed by atoms with E-state index >= 15 is 0 Å². The van der Waals surface area contributed by atoms with Crippen molar-refractivity contribution in [2.45, 2.75) is 6.54 Å². The van der Waals surface area contributed by atoms with Gasteiger partial charge in [-0.3, -0.25) is 0 Å². The number of hydrogen-bond donors (Lipinski definition) is 2. The average Bonchev–Trinajstić information content (AvgIpc) is 2.82. The van der Waals surface area contributed by atoms with E-state index in [0.29, 0.717) is 0 Å². The Morgan fingerprint density at radius 1 is 1.00 bits per heavy atom. The molecule has 3 aromatic rings. The van der Waals surface area contributed by atoms with Gasteiger partial charge < -0.3 is 10.3 Å². The highest BCUT2D eigenvalue weighted by atomic mass is 79.9. The molecule has 90 valence electrons. The summed E-state index contributed by atoms with van der Waals surface area (Å²) in [7, 11) is 0. The molecule has 1 aromatic heterocycles. The summed E-state index contributed by atoms with van der Waals surface area (Å²) < 4.78 is 1.10. The molecule has 0 aliphatic carbocycles. The molecule has 0 saturated carbocycles. The molecule has 0 spiro atoms. The molecule has 0 fully saturated rings.